The number of carbonyl (C=O) groups is 2. The fourth-order valence-corrected chi connectivity index (χ4v) is 7.15. The zero-order chi connectivity index (χ0) is 36.4. The molecule has 0 aliphatic heterocycles. The van der Waals surface area contributed by atoms with Crippen molar-refractivity contribution in [3.8, 4) is 5.75 Å². The Kier molecular flexibility index (Phi) is 13.2. The Morgan fingerprint density at radius 1 is 0.940 bits per heavy atom. The molecule has 264 valence electrons. The van der Waals surface area contributed by atoms with Gasteiger partial charge in [-0.1, -0.05) is 85.1 Å². The molecule has 0 fully saturated rings. The van der Waals surface area contributed by atoms with Crippen molar-refractivity contribution >= 4 is 56.4 Å². The van der Waals surface area contributed by atoms with E-state index in [1.807, 2.05) is 37.3 Å². The number of sulfonamides is 1. The van der Waals surface area contributed by atoms with Crippen LogP contribution < -0.4 is 14.4 Å². The Bertz CT molecular complexity index is 1940. The summed E-state index contributed by atoms with van der Waals surface area (Å²) in [6.07, 6.45) is 1.68. The summed E-state index contributed by atoms with van der Waals surface area (Å²) in [6, 6.07) is 22.7. The number of unbranched alkanes of at least 4 members (excludes halogenated alkanes) is 1. The molecule has 1 atom stereocenters. The van der Waals surface area contributed by atoms with E-state index in [1.54, 1.807) is 24.3 Å². The van der Waals surface area contributed by atoms with Gasteiger partial charge in [0.05, 0.1) is 22.6 Å². The van der Waals surface area contributed by atoms with Gasteiger partial charge in [0.15, 0.2) is 0 Å². The molecule has 1 N–H and O–H groups in total. The lowest BCUT2D eigenvalue weighted by molar-refractivity contribution is -0.385. The third kappa shape index (κ3) is 9.52. The molecule has 4 rings (SSSR count). The molecular formula is C36H38Cl2N4O7S. The number of nitro groups is 1. The fraction of sp³-hybridized carbons (Fsp3) is 0.278. The first-order valence-corrected chi connectivity index (χ1v) is 18.0. The zero-order valence-corrected chi connectivity index (χ0v) is 30.2. The Morgan fingerprint density at radius 3 is 2.30 bits per heavy atom. The average molecular weight is 742 g/mol. The fourth-order valence-electron chi connectivity index (χ4n) is 5.34. The molecular weight excluding hydrogens is 703 g/mol. The Labute approximate surface area is 302 Å². The minimum atomic E-state index is -4.69. The number of nitrogens with one attached hydrogen (secondary N) is 1. The van der Waals surface area contributed by atoms with E-state index in [0.29, 0.717) is 17.1 Å². The first-order valence-electron chi connectivity index (χ1n) is 15.8. The molecule has 0 aromatic heterocycles. The van der Waals surface area contributed by atoms with Gasteiger partial charge in [0.2, 0.25) is 11.8 Å². The lowest BCUT2D eigenvalue weighted by Gasteiger charge is -2.34. The number of hydrogen-bond donors (Lipinski definition) is 1. The molecule has 4 aromatic carbocycles. The first-order chi connectivity index (χ1) is 23.8. The SMILES string of the molecule is CCCCNC(=O)C(Cc1ccccc1)N(Cc1cccc(Cl)c1)C(=O)CN(c1cc(Cl)ccc1OC)S(=O)(=O)c1ccc(C)c([N+](=O)[O-])c1. The summed E-state index contributed by atoms with van der Waals surface area (Å²) in [7, 11) is -3.35. The van der Waals surface area contributed by atoms with Crippen LogP contribution in [0.25, 0.3) is 0 Å². The molecule has 0 spiro atoms. The predicted molar refractivity (Wildman–Crippen MR) is 194 cm³/mol. The van der Waals surface area contributed by atoms with Crippen LogP contribution >= 0.6 is 23.2 Å². The van der Waals surface area contributed by atoms with Gasteiger partial charge in [-0.2, -0.15) is 0 Å². The number of ether oxygens (including phenoxy) is 1. The monoisotopic (exact) mass is 740 g/mol. The van der Waals surface area contributed by atoms with Crippen LogP contribution in [-0.4, -0.2) is 56.3 Å². The summed E-state index contributed by atoms with van der Waals surface area (Å²) in [6.45, 7) is 2.96. The Balaban J connectivity index is 1.88. The van der Waals surface area contributed by atoms with Crippen LogP contribution in [0.4, 0.5) is 11.4 Å². The molecule has 2 amide bonds. The van der Waals surface area contributed by atoms with E-state index in [1.165, 1.54) is 49.3 Å². The summed E-state index contributed by atoms with van der Waals surface area (Å²) in [5.74, 6) is -1.07. The molecule has 0 saturated heterocycles. The maximum Gasteiger partial charge on any atom is 0.273 e. The lowest BCUT2D eigenvalue weighted by Crippen LogP contribution is -2.53. The van der Waals surface area contributed by atoms with E-state index in [4.69, 9.17) is 27.9 Å². The van der Waals surface area contributed by atoms with Gasteiger partial charge in [0.25, 0.3) is 15.7 Å². The number of benzene rings is 4. The van der Waals surface area contributed by atoms with Gasteiger partial charge in [-0.25, -0.2) is 8.42 Å². The minimum absolute atomic E-state index is 0.0759. The van der Waals surface area contributed by atoms with Crippen LogP contribution in [0.2, 0.25) is 10.0 Å². The number of hydrogen-bond acceptors (Lipinski definition) is 7. The van der Waals surface area contributed by atoms with Crippen molar-refractivity contribution < 1.29 is 27.7 Å². The summed E-state index contributed by atoms with van der Waals surface area (Å²) < 4.78 is 35.2. The average Bonchev–Trinajstić information content (AvgIpc) is 3.09. The number of carbonyl (C=O) groups excluding carboxylic acids is 2. The quantitative estimate of drug-likeness (QED) is 0.0744. The zero-order valence-electron chi connectivity index (χ0n) is 27.8. The van der Waals surface area contributed by atoms with E-state index in [0.717, 1.165) is 28.8 Å². The predicted octanol–water partition coefficient (Wildman–Crippen LogP) is 6.97. The smallest absolute Gasteiger partial charge is 0.273 e. The summed E-state index contributed by atoms with van der Waals surface area (Å²) in [4.78, 5) is 40.6. The number of nitrogens with zero attached hydrogens (tertiary/aromatic N) is 3. The number of rotatable bonds is 16. The van der Waals surface area contributed by atoms with E-state index in [9.17, 15) is 28.1 Å². The summed E-state index contributed by atoms with van der Waals surface area (Å²) in [5, 5.41) is 15.3. The van der Waals surface area contributed by atoms with Gasteiger partial charge in [-0.05, 0) is 60.9 Å². The second-order valence-electron chi connectivity index (χ2n) is 11.5. The minimum Gasteiger partial charge on any atom is -0.495 e. The number of methoxy groups -OCH3 is 1. The van der Waals surface area contributed by atoms with Crippen LogP contribution in [0.3, 0.4) is 0 Å². The van der Waals surface area contributed by atoms with E-state index < -0.39 is 49.9 Å². The maximum absolute atomic E-state index is 14.7. The largest absolute Gasteiger partial charge is 0.495 e. The summed E-state index contributed by atoms with van der Waals surface area (Å²) >= 11 is 12.6. The molecule has 0 aliphatic rings. The van der Waals surface area contributed by atoms with Gasteiger partial charge in [0, 0.05) is 41.2 Å². The van der Waals surface area contributed by atoms with Crippen molar-refractivity contribution in [2.75, 3.05) is 24.5 Å². The van der Waals surface area contributed by atoms with Crippen molar-refractivity contribution in [1.29, 1.82) is 0 Å². The number of halogens is 2. The van der Waals surface area contributed by atoms with Gasteiger partial charge in [-0.3, -0.25) is 24.0 Å². The molecule has 0 saturated carbocycles. The maximum atomic E-state index is 14.7. The van der Waals surface area contributed by atoms with Gasteiger partial charge < -0.3 is 15.0 Å². The van der Waals surface area contributed by atoms with Crippen LogP contribution in [0.1, 0.15) is 36.5 Å². The molecule has 0 aliphatic carbocycles. The number of amides is 2. The van der Waals surface area contributed by atoms with Crippen LogP contribution in [0.15, 0.2) is 95.9 Å². The number of anilines is 1. The third-order valence-electron chi connectivity index (χ3n) is 8.00. The molecule has 14 heteroatoms. The van der Waals surface area contributed by atoms with Crippen molar-refractivity contribution in [1.82, 2.24) is 10.2 Å². The van der Waals surface area contributed by atoms with Gasteiger partial charge >= 0.3 is 0 Å². The third-order valence-corrected chi connectivity index (χ3v) is 10.2. The molecule has 0 heterocycles. The van der Waals surface area contributed by atoms with Gasteiger partial charge in [0.1, 0.15) is 18.3 Å². The van der Waals surface area contributed by atoms with Crippen LogP contribution in [0, 0.1) is 17.0 Å². The highest BCUT2D eigenvalue weighted by Gasteiger charge is 2.36. The molecule has 4 aromatic rings. The van der Waals surface area contributed by atoms with Crippen molar-refractivity contribution in [2.24, 2.45) is 0 Å². The van der Waals surface area contributed by atoms with Crippen molar-refractivity contribution in [2.45, 2.75) is 50.6 Å². The topological polar surface area (TPSA) is 139 Å². The van der Waals surface area contributed by atoms with E-state index in [-0.39, 0.29) is 35.0 Å². The number of nitro benzene ring substituents is 1. The highest BCUT2D eigenvalue weighted by Crippen LogP contribution is 2.36. The second-order valence-corrected chi connectivity index (χ2v) is 14.3. The van der Waals surface area contributed by atoms with Crippen molar-refractivity contribution in [3.63, 3.8) is 0 Å². The normalized spacial score (nSPS) is 11.8. The molecule has 0 radical (unpaired) electrons. The molecule has 50 heavy (non-hydrogen) atoms. The first kappa shape index (κ1) is 38.2. The molecule has 1 unspecified atom stereocenters. The second kappa shape index (κ2) is 17.3. The molecule has 0 bridgehead atoms. The van der Waals surface area contributed by atoms with Gasteiger partial charge in [-0.15, -0.1) is 0 Å². The van der Waals surface area contributed by atoms with Crippen LogP contribution in [0.5, 0.6) is 5.75 Å². The Hall–Kier alpha value is -4.65. The highest BCUT2D eigenvalue weighted by molar-refractivity contribution is 7.92. The standard InChI is InChI=1S/C36H38Cl2N4O7S/c1-4-5-18-39-36(44)33(20-26-10-7-6-8-11-26)40(23-27-12-9-13-28(37)19-27)35(43)24-41(32-21-29(38)15-17-34(32)49-3)50(47,48)30-16-14-25(2)31(22-30)42(45)46/h6-17,19,21-22,33H,4-5,18,20,23-24H2,1-3H3,(H,39,44). The lowest BCUT2D eigenvalue weighted by atomic mass is 10.0. The van der Waals surface area contributed by atoms with E-state index in [2.05, 4.69) is 5.32 Å². The highest BCUT2D eigenvalue weighted by atomic mass is 35.5. The Morgan fingerprint density at radius 2 is 1.64 bits per heavy atom. The van der Waals surface area contributed by atoms with E-state index >= 15 is 0 Å². The summed E-state index contributed by atoms with van der Waals surface area (Å²) in [5.41, 5.74) is 1.15. The number of aryl methyl sites for hydroxylation is 1. The molecule has 11 nitrogen and oxygen atoms in total. The van der Waals surface area contributed by atoms with Crippen molar-refractivity contribution in [3.05, 3.63) is 128 Å². The van der Waals surface area contributed by atoms with Crippen LogP contribution in [-0.2, 0) is 32.6 Å².